The summed E-state index contributed by atoms with van der Waals surface area (Å²) in [6, 6.07) is 8.93. The van der Waals surface area contributed by atoms with Crippen LogP contribution in [0.2, 0.25) is 5.02 Å². The van der Waals surface area contributed by atoms with Gasteiger partial charge in [-0.15, -0.1) is 0 Å². The van der Waals surface area contributed by atoms with Crippen LogP contribution in [0.3, 0.4) is 0 Å². The Kier molecular flexibility index (Phi) is 4.33. The maximum absolute atomic E-state index is 14.0. The molecule has 0 saturated carbocycles. The molecule has 21 heavy (non-hydrogen) atoms. The molecular formula is C15H14ClFN2O2. The second kappa shape index (κ2) is 6.01. The van der Waals surface area contributed by atoms with Crippen molar-refractivity contribution in [3.8, 4) is 5.75 Å². The first kappa shape index (κ1) is 15.1. The van der Waals surface area contributed by atoms with Crippen LogP contribution in [-0.2, 0) is 0 Å². The first-order chi connectivity index (χ1) is 9.95. The molecule has 1 amide bonds. The number of hydrogen-bond donors (Lipinski definition) is 1. The van der Waals surface area contributed by atoms with Gasteiger partial charge < -0.3 is 15.4 Å². The standard InChI is InChI=1S/C15H14ClFN2O2/c1-19(12-8-9(16)6-7-11(12)18)15(20)14-10(17)4-3-5-13(14)21-2/h3-8H,18H2,1-2H3. The summed E-state index contributed by atoms with van der Waals surface area (Å²) in [5.41, 5.74) is 6.45. The number of amides is 1. The summed E-state index contributed by atoms with van der Waals surface area (Å²) in [4.78, 5) is 13.8. The molecule has 2 rings (SSSR count). The van der Waals surface area contributed by atoms with Crippen LogP contribution in [0.15, 0.2) is 36.4 Å². The number of ether oxygens (including phenoxy) is 1. The maximum atomic E-state index is 14.0. The minimum Gasteiger partial charge on any atom is -0.496 e. The van der Waals surface area contributed by atoms with E-state index in [1.165, 1.54) is 37.3 Å². The number of hydrogen-bond acceptors (Lipinski definition) is 3. The molecule has 110 valence electrons. The van der Waals surface area contributed by atoms with Crippen LogP contribution in [0.5, 0.6) is 5.75 Å². The van der Waals surface area contributed by atoms with E-state index in [1.807, 2.05) is 0 Å². The van der Waals surface area contributed by atoms with Crippen LogP contribution < -0.4 is 15.4 Å². The molecule has 0 saturated heterocycles. The molecule has 0 aliphatic carbocycles. The van der Waals surface area contributed by atoms with E-state index in [2.05, 4.69) is 0 Å². The number of nitrogens with two attached hydrogens (primary N) is 1. The SMILES string of the molecule is COc1cccc(F)c1C(=O)N(C)c1cc(Cl)ccc1N. The number of anilines is 2. The zero-order chi connectivity index (χ0) is 15.6. The summed E-state index contributed by atoms with van der Waals surface area (Å²) in [5.74, 6) is -1.07. The Morgan fingerprint density at radius 3 is 2.71 bits per heavy atom. The summed E-state index contributed by atoms with van der Waals surface area (Å²) >= 11 is 5.91. The second-order valence-corrected chi connectivity index (χ2v) is 4.82. The lowest BCUT2D eigenvalue weighted by Gasteiger charge is -2.21. The molecule has 2 aromatic rings. The van der Waals surface area contributed by atoms with E-state index in [4.69, 9.17) is 22.1 Å². The van der Waals surface area contributed by atoms with Crippen molar-refractivity contribution in [2.45, 2.75) is 0 Å². The third kappa shape index (κ3) is 2.92. The minimum absolute atomic E-state index is 0.151. The molecule has 0 fully saturated rings. The molecule has 6 heteroatoms. The fourth-order valence-electron chi connectivity index (χ4n) is 1.97. The molecule has 0 spiro atoms. The second-order valence-electron chi connectivity index (χ2n) is 4.38. The predicted octanol–water partition coefficient (Wildman–Crippen LogP) is 3.35. The summed E-state index contributed by atoms with van der Waals surface area (Å²) in [6.07, 6.45) is 0. The summed E-state index contributed by atoms with van der Waals surface area (Å²) in [7, 11) is 2.87. The average Bonchev–Trinajstić information content (AvgIpc) is 2.48. The predicted molar refractivity (Wildman–Crippen MR) is 81.5 cm³/mol. The van der Waals surface area contributed by atoms with Gasteiger partial charge in [0, 0.05) is 12.1 Å². The Hall–Kier alpha value is -2.27. The molecule has 0 aliphatic rings. The topological polar surface area (TPSA) is 55.6 Å². The van der Waals surface area contributed by atoms with E-state index in [0.717, 1.165) is 0 Å². The molecule has 4 nitrogen and oxygen atoms in total. The van der Waals surface area contributed by atoms with Crippen molar-refractivity contribution < 1.29 is 13.9 Å². The quantitative estimate of drug-likeness (QED) is 0.885. The Labute approximate surface area is 126 Å². The lowest BCUT2D eigenvalue weighted by atomic mass is 10.1. The van der Waals surface area contributed by atoms with Gasteiger partial charge in [-0.1, -0.05) is 17.7 Å². The molecule has 0 bridgehead atoms. The van der Waals surface area contributed by atoms with Crippen molar-refractivity contribution in [2.75, 3.05) is 24.8 Å². The van der Waals surface area contributed by atoms with Crippen LogP contribution >= 0.6 is 11.6 Å². The third-order valence-electron chi connectivity index (χ3n) is 3.07. The van der Waals surface area contributed by atoms with Gasteiger partial charge >= 0.3 is 0 Å². The molecular weight excluding hydrogens is 295 g/mol. The van der Waals surface area contributed by atoms with Gasteiger partial charge in [0.25, 0.3) is 5.91 Å². The zero-order valence-electron chi connectivity index (χ0n) is 11.6. The van der Waals surface area contributed by atoms with Gasteiger partial charge in [-0.05, 0) is 30.3 Å². The van der Waals surface area contributed by atoms with Gasteiger partial charge in [-0.3, -0.25) is 4.79 Å². The molecule has 0 atom stereocenters. The smallest absolute Gasteiger partial charge is 0.264 e. The van der Waals surface area contributed by atoms with Crippen LogP contribution in [0.1, 0.15) is 10.4 Å². The van der Waals surface area contributed by atoms with Crippen LogP contribution in [0, 0.1) is 5.82 Å². The highest BCUT2D eigenvalue weighted by Crippen LogP contribution is 2.29. The largest absolute Gasteiger partial charge is 0.496 e. The van der Waals surface area contributed by atoms with Gasteiger partial charge in [-0.25, -0.2) is 4.39 Å². The number of nitrogen functional groups attached to an aromatic ring is 1. The van der Waals surface area contributed by atoms with E-state index >= 15 is 0 Å². The molecule has 0 aromatic heterocycles. The normalized spacial score (nSPS) is 10.3. The van der Waals surface area contributed by atoms with E-state index in [-0.39, 0.29) is 11.3 Å². The highest BCUT2D eigenvalue weighted by atomic mass is 35.5. The number of carbonyl (C=O) groups excluding carboxylic acids is 1. The Balaban J connectivity index is 2.47. The van der Waals surface area contributed by atoms with Gasteiger partial charge in [0.2, 0.25) is 0 Å². The minimum atomic E-state index is -0.660. The Morgan fingerprint density at radius 2 is 2.05 bits per heavy atom. The number of rotatable bonds is 3. The van der Waals surface area contributed by atoms with Crippen LogP contribution in [0.25, 0.3) is 0 Å². The number of methoxy groups -OCH3 is 1. The fraction of sp³-hybridized carbons (Fsp3) is 0.133. The molecule has 0 aliphatic heterocycles. The zero-order valence-corrected chi connectivity index (χ0v) is 12.3. The van der Waals surface area contributed by atoms with Crippen molar-refractivity contribution in [3.63, 3.8) is 0 Å². The average molecular weight is 309 g/mol. The monoisotopic (exact) mass is 308 g/mol. The summed E-state index contributed by atoms with van der Waals surface area (Å²) in [6.45, 7) is 0. The first-order valence-electron chi connectivity index (χ1n) is 6.11. The van der Waals surface area contributed by atoms with E-state index in [9.17, 15) is 9.18 Å². The van der Waals surface area contributed by atoms with Gasteiger partial charge in [-0.2, -0.15) is 0 Å². The highest BCUT2D eigenvalue weighted by Gasteiger charge is 2.23. The van der Waals surface area contributed by atoms with Gasteiger partial charge in [0.05, 0.1) is 18.5 Å². The summed E-state index contributed by atoms with van der Waals surface area (Å²) in [5, 5.41) is 0.430. The van der Waals surface area contributed by atoms with E-state index in [0.29, 0.717) is 16.4 Å². The lowest BCUT2D eigenvalue weighted by Crippen LogP contribution is -2.28. The van der Waals surface area contributed by atoms with E-state index in [1.54, 1.807) is 18.2 Å². The number of nitrogens with zero attached hydrogens (tertiary/aromatic N) is 1. The van der Waals surface area contributed by atoms with E-state index < -0.39 is 11.7 Å². The fourth-order valence-corrected chi connectivity index (χ4v) is 2.13. The van der Waals surface area contributed by atoms with Gasteiger partial charge in [0.1, 0.15) is 17.1 Å². The van der Waals surface area contributed by atoms with Crippen LogP contribution in [0.4, 0.5) is 15.8 Å². The molecule has 2 N–H and O–H groups in total. The summed E-state index contributed by atoms with van der Waals surface area (Å²) < 4.78 is 19.0. The van der Waals surface area contributed by atoms with Crippen LogP contribution in [-0.4, -0.2) is 20.1 Å². The lowest BCUT2D eigenvalue weighted by molar-refractivity contribution is 0.0986. The molecule has 2 aromatic carbocycles. The van der Waals surface area contributed by atoms with Crippen molar-refractivity contribution >= 4 is 28.9 Å². The maximum Gasteiger partial charge on any atom is 0.264 e. The number of carbonyl (C=O) groups is 1. The molecule has 0 unspecified atom stereocenters. The Morgan fingerprint density at radius 1 is 1.33 bits per heavy atom. The number of halogens is 2. The van der Waals surface area contributed by atoms with Gasteiger partial charge in [0.15, 0.2) is 0 Å². The first-order valence-corrected chi connectivity index (χ1v) is 6.49. The third-order valence-corrected chi connectivity index (χ3v) is 3.30. The van der Waals surface area contributed by atoms with Crippen molar-refractivity contribution in [2.24, 2.45) is 0 Å². The molecule has 0 radical (unpaired) electrons. The van der Waals surface area contributed by atoms with Crippen molar-refractivity contribution in [1.29, 1.82) is 0 Å². The van der Waals surface area contributed by atoms with Crippen molar-refractivity contribution in [1.82, 2.24) is 0 Å². The highest BCUT2D eigenvalue weighted by molar-refractivity contribution is 6.31. The van der Waals surface area contributed by atoms with Crippen molar-refractivity contribution in [3.05, 3.63) is 52.8 Å². The molecule has 0 heterocycles. The number of benzene rings is 2. The Bertz CT molecular complexity index is 691.